The van der Waals surface area contributed by atoms with Crippen molar-refractivity contribution < 1.29 is 9.59 Å². The van der Waals surface area contributed by atoms with Gasteiger partial charge < -0.3 is 10.6 Å². The van der Waals surface area contributed by atoms with Crippen LogP contribution < -0.4 is 10.6 Å². The van der Waals surface area contributed by atoms with E-state index in [0.29, 0.717) is 25.6 Å². The number of likely N-dealkylation sites (tertiary alicyclic amines) is 1. The molecule has 1 saturated carbocycles. The smallest absolute Gasteiger partial charge is 0.233 e. The number of hydrogen-bond donors (Lipinski definition) is 2. The topological polar surface area (TPSA) is 73.8 Å². The summed E-state index contributed by atoms with van der Waals surface area (Å²) in [5.41, 5.74) is 1.16. The van der Waals surface area contributed by atoms with Crippen LogP contribution in [0.4, 0.5) is 0 Å². The van der Waals surface area contributed by atoms with Crippen LogP contribution in [0.1, 0.15) is 12.0 Å². The first-order valence-corrected chi connectivity index (χ1v) is 9.21. The van der Waals surface area contributed by atoms with Crippen LogP contribution in [-0.2, 0) is 16.1 Å². The van der Waals surface area contributed by atoms with Crippen LogP contribution >= 0.6 is 0 Å². The van der Waals surface area contributed by atoms with Crippen molar-refractivity contribution in [3.8, 4) is 0 Å². The van der Waals surface area contributed by atoms with Gasteiger partial charge in [-0.3, -0.25) is 19.5 Å². The number of nitrogens with one attached hydrogen (secondary N) is 2. The molecule has 1 saturated heterocycles. The zero-order chi connectivity index (χ0) is 18.1. The van der Waals surface area contributed by atoms with Crippen LogP contribution in [0, 0.1) is 23.7 Å². The molecule has 6 nitrogen and oxygen atoms in total. The molecule has 136 valence electrons. The average molecular weight is 352 g/mol. The Kier molecular flexibility index (Phi) is 4.49. The number of hydrogen-bond acceptors (Lipinski definition) is 3. The number of imide groups is 1. The number of carbonyl (C=O) groups is 2. The third-order valence-corrected chi connectivity index (χ3v) is 5.72. The fourth-order valence-electron chi connectivity index (χ4n) is 4.47. The third kappa shape index (κ3) is 2.89. The van der Waals surface area contributed by atoms with Crippen molar-refractivity contribution in [1.29, 1.82) is 0 Å². The van der Waals surface area contributed by atoms with Gasteiger partial charge in [0.15, 0.2) is 5.96 Å². The van der Waals surface area contributed by atoms with Gasteiger partial charge in [-0.05, 0) is 23.8 Å². The second-order valence-electron chi connectivity index (χ2n) is 7.17. The van der Waals surface area contributed by atoms with E-state index in [1.165, 1.54) is 4.90 Å². The number of rotatable bonds is 5. The highest BCUT2D eigenvalue weighted by molar-refractivity contribution is 6.06. The molecular formula is C20H24N4O2. The minimum absolute atomic E-state index is 0.00545. The molecule has 1 aromatic rings. The molecule has 6 heteroatoms. The Morgan fingerprint density at radius 3 is 2.35 bits per heavy atom. The number of amides is 2. The lowest BCUT2D eigenvalue weighted by Crippen LogP contribution is -2.43. The van der Waals surface area contributed by atoms with E-state index < -0.39 is 0 Å². The van der Waals surface area contributed by atoms with Crippen molar-refractivity contribution in [3.63, 3.8) is 0 Å². The van der Waals surface area contributed by atoms with Crippen molar-refractivity contribution in [2.75, 3.05) is 20.1 Å². The Bertz CT molecular complexity index is 728. The summed E-state index contributed by atoms with van der Waals surface area (Å²) in [6, 6.07) is 10.1. The van der Waals surface area contributed by atoms with Gasteiger partial charge >= 0.3 is 0 Å². The second-order valence-corrected chi connectivity index (χ2v) is 7.17. The van der Waals surface area contributed by atoms with Crippen molar-refractivity contribution in [1.82, 2.24) is 15.5 Å². The summed E-state index contributed by atoms with van der Waals surface area (Å²) in [5.74, 6) is 0.965. The quantitative estimate of drug-likeness (QED) is 0.361. The zero-order valence-electron chi connectivity index (χ0n) is 14.9. The maximum atomic E-state index is 12.6. The molecule has 0 spiro atoms. The molecule has 1 heterocycles. The molecule has 1 aliphatic heterocycles. The lowest BCUT2D eigenvalue weighted by Gasteiger charge is -2.18. The molecule has 0 aromatic heterocycles. The molecule has 2 N–H and O–H groups in total. The first kappa shape index (κ1) is 16.8. The number of fused-ring (bicyclic) bond motifs is 5. The molecular weight excluding hydrogens is 328 g/mol. The van der Waals surface area contributed by atoms with Gasteiger partial charge in [0.1, 0.15) is 0 Å². The molecule has 0 radical (unpaired) electrons. The number of guanidine groups is 1. The van der Waals surface area contributed by atoms with Crippen LogP contribution in [0.25, 0.3) is 0 Å². The monoisotopic (exact) mass is 352 g/mol. The first-order chi connectivity index (χ1) is 12.7. The summed E-state index contributed by atoms with van der Waals surface area (Å²) < 4.78 is 0. The standard InChI is InChI=1S/C20H24N4O2/c1-21-20(23-12-13-5-3-2-4-6-13)22-9-10-24-18(25)16-14-7-8-15(11-14)17(16)19(24)26/h2-8,14-17H,9-12H2,1H3,(H2,21,22,23). The second kappa shape index (κ2) is 6.94. The Morgan fingerprint density at radius 1 is 1.08 bits per heavy atom. The number of carbonyl (C=O) groups excluding carboxylic acids is 2. The van der Waals surface area contributed by atoms with Crippen LogP contribution in [0.2, 0.25) is 0 Å². The van der Waals surface area contributed by atoms with Crippen molar-refractivity contribution in [2.45, 2.75) is 13.0 Å². The molecule has 1 aromatic carbocycles. The fraction of sp³-hybridized carbons (Fsp3) is 0.450. The Labute approximate surface area is 153 Å². The first-order valence-electron chi connectivity index (χ1n) is 9.21. The molecule has 2 aliphatic carbocycles. The van der Waals surface area contributed by atoms with Crippen LogP contribution in [0.15, 0.2) is 47.5 Å². The maximum absolute atomic E-state index is 12.6. The number of benzene rings is 1. The van der Waals surface area contributed by atoms with E-state index in [0.717, 1.165) is 12.0 Å². The molecule has 3 aliphatic rings. The predicted octanol–water partition coefficient (Wildman–Crippen LogP) is 1.16. The van der Waals surface area contributed by atoms with Gasteiger partial charge in [-0.15, -0.1) is 0 Å². The molecule has 2 fully saturated rings. The van der Waals surface area contributed by atoms with E-state index in [2.05, 4.69) is 27.8 Å². The average Bonchev–Trinajstić information content (AvgIpc) is 3.34. The van der Waals surface area contributed by atoms with Crippen molar-refractivity contribution >= 4 is 17.8 Å². The number of allylic oxidation sites excluding steroid dienone is 2. The van der Waals surface area contributed by atoms with Gasteiger partial charge in [-0.25, -0.2) is 0 Å². The summed E-state index contributed by atoms with van der Waals surface area (Å²) in [6.07, 6.45) is 5.21. The Hall–Kier alpha value is -2.63. The van der Waals surface area contributed by atoms with Gasteiger partial charge in [-0.2, -0.15) is 0 Å². The Morgan fingerprint density at radius 2 is 1.73 bits per heavy atom. The number of nitrogens with zero attached hydrogens (tertiary/aromatic N) is 2. The fourth-order valence-corrected chi connectivity index (χ4v) is 4.47. The van der Waals surface area contributed by atoms with E-state index in [-0.39, 0.29) is 35.5 Å². The lowest BCUT2D eigenvalue weighted by molar-refractivity contribution is -0.140. The highest BCUT2D eigenvalue weighted by Gasteiger charge is 2.58. The van der Waals surface area contributed by atoms with Gasteiger partial charge in [0.25, 0.3) is 0 Å². The number of aliphatic imine (C=N–C) groups is 1. The summed E-state index contributed by atoms with van der Waals surface area (Å²) in [5, 5.41) is 6.43. The van der Waals surface area contributed by atoms with E-state index in [1.54, 1.807) is 7.05 Å². The summed E-state index contributed by atoms with van der Waals surface area (Å²) >= 11 is 0. The normalized spacial score (nSPS) is 29.4. The summed E-state index contributed by atoms with van der Waals surface area (Å²) in [4.78, 5) is 30.9. The van der Waals surface area contributed by atoms with Gasteiger partial charge in [0.2, 0.25) is 11.8 Å². The zero-order valence-corrected chi connectivity index (χ0v) is 14.9. The van der Waals surface area contributed by atoms with Crippen molar-refractivity contribution in [2.24, 2.45) is 28.7 Å². The third-order valence-electron chi connectivity index (χ3n) is 5.72. The SMILES string of the molecule is CN=C(NCCN1C(=O)C2C3C=CC(C3)C2C1=O)NCc1ccccc1. The molecule has 4 unspecified atom stereocenters. The molecule has 4 rings (SSSR count). The molecule has 2 bridgehead atoms. The van der Waals surface area contributed by atoms with Crippen molar-refractivity contribution in [3.05, 3.63) is 48.0 Å². The largest absolute Gasteiger partial charge is 0.355 e. The maximum Gasteiger partial charge on any atom is 0.233 e. The summed E-state index contributed by atoms with van der Waals surface area (Å²) in [7, 11) is 1.71. The minimum Gasteiger partial charge on any atom is -0.355 e. The molecule has 26 heavy (non-hydrogen) atoms. The minimum atomic E-state index is -0.118. The summed E-state index contributed by atoms with van der Waals surface area (Å²) in [6.45, 7) is 1.55. The molecule has 4 atom stereocenters. The van der Waals surface area contributed by atoms with Crippen LogP contribution in [0.5, 0.6) is 0 Å². The van der Waals surface area contributed by atoms with Crippen LogP contribution in [0.3, 0.4) is 0 Å². The lowest BCUT2D eigenvalue weighted by atomic mass is 9.85. The van der Waals surface area contributed by atoms with Gasteiger partial charge in [-0.1, -0.05) is 42.5 Å². The highest BCUT2D eigenvalue weighted by Crippen LogP contribution is 2.52. The van der Waals surface area contributed by atoms with Crippen LogP contribution in [-0.4, -0.2) is 42.8 Å². The van der Waals surface area contributed by atoms with E-state index in [9.17, 15) is 9.59 Å². The highest BCUT2D eigenvalue weighted by atomic mass is 16.2. The molecule has 2 amide bonds. The van der Waals surface area contributed by atoms with E-state index >= 15 is 0 Å². The Balaban J connectivity index is 1.28. The van der Waals surface area contributed by atoms with Gasteiger partial charge in [0, 0.05) is 26.7 Å². The van der Waals surface area contributed by atoms with E-state index in [1.807, 2.05) is 30.3 Å². The van der Waals surface area contributed by atoms with Gasteiger partial charge in [0.05, 0.1) is 11.8 Å². The van der Waals surface area contributed by atoms with E-state index in [4.69, 9.17) is 0 Å². The predicted molar refractivity (Wildman–Crippen MR) is 99.1 cm³/mol.